The van der Waals surface area contributed by atoms with E-state index in [0.717, 1.165) is 0 Å². The van der Waals surface area contributed by atoms with Crippen molar-refractivity contribution in [2.24, 2.45) is 5.92 Å². The first-order chi connectivity index (χ1) is 8.53. The third-order valence-electron chi connectivity index (χ3n) is 2.23. The zero-order valence-electron chi connectivity index (χ0n) is 12.1. The number of carboxylic acid groups (broad SMARTS) is 1. The van der Waals surface area contributed by atoms with Gasteiger partial charge in [0.05, 0.1) is 12.5 Å². The minimum atomic E-state index is -0.967. The van der Waals surface area contributed by atoms with Crippen molar-refractivity contribution in [1.29, 1.82) is 0 Å². The van der Waals surface area contributed by atoms with Gasteiger partial charge in [-0.3, -0.25) is 9.59 Å². The Balaban J connectivity index is 4.11. The molecular weight excluding hydrogens is 250 g/mol. The van der Waals surface area contributed by atoms with Gasteiger partial charge in [0.2, 0.25) is 5.91 Å². The van der Waals surface area contributed by atoms with Gasteiger partial charge in [0.25, 0.3) is 0 Å². The van der Waals surface area contributed by atoms with E-state index in [2.05, 4.69) is 10.6 Å². The minimum absolute atomic E-state index is 0.0854. The molecule has 1 atom stereocenters. The number of carbonyl (C=O) groups excluding carboxylic acids is 2. The lowest BCUT2D eigenvalue weighted by Gasteiger charge is -2.22. The predicted molar refractivity (Wildman–Crippen MR) is 70.7 cm³/mol. The molecule has 0 heterocycles. The Kier molecular flexibility index (Phi) is 6.31. The normalized spacial score (nSPS) is 12.5. The molecule has 110 valence electrons. The Hall–Kier alpha value is -1.79. The van der Waals surface area contributed by atoms with Crippen LogP contribution in [0.1, 0.15) is 27.7 Å². The van der Waals surface area contributed by atoms with E-state index in [0.29, 0.717) is 0 Å². The zero-order valence-corrected chi connectivity index (χ0v) is 12.1. The zero-order chi connectivity index (χ0) is 15.2. The highest BCUT2D eigenvalue weighted by Gasteiger charge is 2.18. The molecule has 7 nitrogen and oxygen atoms in total. The number of carboxylic acids is 1. The van der Waals surface area contributed by atoms with Crippen molar-refractivity contribution in [3.8, 4) is 0 Å². The molecule has 0 aromatic carbocycles. The van der Waals surface area contributed by atoms with E-state index < -0.39 is 17.9 Å². The summed E-state index contributed by atoms with van der Waals surface area (Å²) in [6.45, 7) is 6.98. The number of rotatable bonds is 5. The van der Waals surface area contributed by atoms with Gasteiger partial charge in [0.15, 0.2) is 0 Å². The first-order valence-electron chi connectivity index (χ1n) is 6.05. The molecule has 0 saturated heterocycles. The molecule has 3 amide bonds. The number of amides is 3. The van der Waals surface area contributed by atoms with Crippen LogP contribution in [-0.4, -0.2) is 53.6 Å². The van der Waals surface area contributed by atoms with Gasteiger partial charge in [0.1, 0.15) is 0 Å². The standard InChI is InChI=1S/C12H23N3O4/c1-8(10(17)18)7-15(5)11(19)13-6-9(16)14-12(2,3)4/h8H,6-7H2,1-5H3,(H,13,19)(H,14,16)(H,17,18). The lowest BCUT2D eigenvalue weighted by Crippen LogP contribution is -2.48. The first-order valence-corrected chi connectivity index (χ1v) is 6.05. The second-order valence-electron chi connectivity index (χ2n) is 5.58. The van der Waals surface area contributed by atoms with Crippen LogP contribution in [0, 0.1) is 5.92 Å². The van der Waals surface area contributed by atoms with Crippen LogP contribution in [0.25, 0.3) is 0 Å². The first kappa shape index (κ1) is 17.2. The van der Waals surface area contributed by atoms with E-state index in [1.54, 1.807) is 0 Å². The van der Waals surface area contributed by atoms with Gasteiger partial charge in [-0.25, -0.2) is 4.79 Å². The minimum Gasteiger partial charge on any atom is -0.481 e. The number of nitrogens with zero attached hydrogens (tertiary/aromatic N) is 1. The van der Waals surface area contributed by atoms with E-state index in [1.807, 2.05) is 20.8 Å². The van der Waals surface area contributed by atoms with Crippen LogP contribution in [0.5, 0.6) is 0 Å². The Bertz CT molecular complexity index is 349. The van der Waals surface area contributed by atoms with Crippen LogP contribution < -0.4 is 10.6 Å². The Morgan fingerprint density at radius 1 is 1.26 bits per heavy atom. The highest BCUT2D eigenvalue weighted by Crippen LogP contribution is 1.99. The molecule has 0 saturated carbocycles. The van der Waals surface area contributed by atoms with Crippen LogP contribution in [0.2, 0.25) is 0 Å². The van der Waals surface area contributed by atoms with Gasteiger partial charge in [-0.15, -0.1) is 0 Å². The highest BCUT2D eigenvalue weighted by molar-refractivity contribution is 5.84. The second kappa shape index (κ2) is 6.96. The number of aliphatic carboxylic acids is 1. The number of hydrogen-bond acceptors (Lipinski definition) is 3. The molecule has 0 aromatic rings. The molecule has 1 unspecified atom stereocenters. The summed E-state index contributed by atoms with van der Waals surface area (Å²) in [6.07, 6.45) is 0. The molecule has 0 aliphatic carbocycles. The third-order valence-corrected chi connectivity index (χ3v) is 2.23. The topological polar surface area (TPSA) is 98.7 Å². The molecule has 0 bridgehead atoms. The molecule has 7 heteroatoms. The fraction of sp³-hybridized carbons (Fsp3) is 0.750. The predicted octanol–water partition coefficient (Wildman–Crippen LogP) is 0.263. The fourth-order valence-corrected chi connectivity index (χ4v) is 1.33. The van der Waals surface area contributed by atoms with Crippen LogP contribution in [0.3, 0.4) is 0 Å². The average Bonchev–Trinajstić information content (AvgIpc) is 2.23. The Morgan fingerprint density at radius 2 is 1.79 bits per heavy atom. The largest absolute Gasteiger partial charge is 0.481 e. The lowest BCUT2D eigenvalue weighted by atomic mass is 10.1. The molecule has 19 heavy (non-hydrogen) atoms. The van der Waals surface area contributed by atoms with E-state index in [1.165, 1.54) is 18.9 Å². The van der Waals surface area contributed by atoms with E-state index >= 15 is 0 Å². The van der Waals surface area contributed by atoms with Crippen LogP contribution in [-0.2, 0) is 9.59 Å². The van der Waals surface area contributed by atoms with Gasteiger partial charge in [0, 0.05) is 19.1 Å². The van der Waals surface area contributed by atoms with Crippen LogP contribution >= 0.6 is 0 Å². The number of carbonyl (C=O) groups is 3. The maximum Gasteiger partial charge on any atom is 0.317 e. The summed E-state index contributed by atoms with van der Waals surface area (Å²) in [7, 11) is 1.48. The van der Waals surface area contributed by atoms with Gasteiger partial charge >= 0.3 is 12.0 Å². The molecule has 0 aliphatic heterocycles. The quantitative estimate of drug-likeness (QED) is 0.669. The number of urea groups is 1. The maximum absolute atomic E-state index is 11.6. The average molecular weight is 273 g/mol. The molecule has 3 N–H and O–H groups in total. The summed E-state index contributed by atoms with van der Waals surface area (Å²) < 4.78 is 0. The molecule has 0 fully saturated rings. The number of nitrogens with one attached hydrogen (secondary N) is 2. The third kappa shape index (κ3) is 8.01. The van der Waals surface area contributed by atoms with Crippen molar-refractivity contribution >= 4 is 17.9 Å². The van der Waals surface area contributed by atoms with Gasteiger partial charge in [-0.2, -0.15) is 0 Å². The van der Waals surface area contributed by atoms with E-state index in [9.17, 15) is 14.4 Å². The number of hydrogen-bond donors (Lipinski definition) is 3. The molecule has 0 rings (SSSR count). The summed E-state index contributed by atoms with van der Waals surface area (Å²) in [4.78, 5) is 35.0. The SMILES string of the molecule is CC(CN(C)C(=O)NCC(=O)NC(C)(C)C)C(=O)O. The van der Waals surface area contributed by atoms with Crippen molar-refractivity contribution in [3.63, 3.8) is 0 Å². The summed E-state index contributed by atoms with van der Waals surface area (Å²) in [5, 5.41) is 13.9. The molecule has 0 aromatic heterocycles. The molecular formula is C12H23N3O4. The fourth-order valence-electron chi connectivity index (χ4n) is 1.33. The molecule has 0 spiro atoms. The van der Waals surface area contributed by atoms with Crippen molar-refractivity contribution in [2.45, 2.75) is 33.2 Å². The Labute approximate surface area is 113 Å². The van der Waals surface area contributed by atoms with Crippen LogP contribution in [0.4, 0.5) is 4.79 Å². The van der Waals surface area contributed by atoms with E-state index in [-0.39, 0.29) is 24.5 Å². The monoisotopic (exact) mass is 273 g/mol. The molecule has 0 radical (unpaired) electrons. The van der Waals surface area contributed by atoms with Crippen molar-refractivity contribution in [1.82, 2.24) is 15.5 Å². The lowest BCUT2D eigenvalue weighted by molar-refractivity contribution is -0.141. The smallest absolute Gasteiger partial charge is 0.317 e. The Morgan fingerprint density at radius 3 is 2.21 bits per heavy atom. The summed E-state index contributed by atoms with van der Waals surface area (Å²) in [5.74, 6) is -1.91. The summed E-state index contributed by atoms with van der Waals surface area (Å²) in [6, 6.07) is -0.475. The van der Waals surface area contributed by atoms with Gasteiger partial charge in [-0.1, -0.05) is 6.92 Å². The van der Waals surface area contributed by atoms with Gasteiger partial charge < -0.3 is 20.6 Å². The van der Waals surface area contributed by atoms with E-state index in [4.69, 9.17) is 5.11 Å². The van der Waals surface area contributed by atoms with Crippen molar-refractivity contribution in [3.05, 3.63) is 0 Å². The van der Waals surface area contributed by atoms with Gasteiger partial charge in [-0.05, 0) is 20.8 Å². The summed E-state index contributed by atoms with van der Waals surface area (Å²) in [5.41, 5.74) is -0.356. The maximum atomic E-state index is 11.6. The highest BCUT2D eigenvalue weighted by atomic mass is 16.4. The second-order valence-corrected chi connectivity index (χ2v) is 5.58. The van der Waals surface area contributed by atoms with Crippen LogP contribution in [0.15, 0.2) is 0 Å². The van der Waals surface area contributed by atoms with Crippen molar-refractivity contribution < 1.29 is 19.5 Å². The summed E-state index contributed by atoms with van der Waals surface area (Å²) >= 11 is 0. The van der Waals surface area contributed by atoms with Crippen molar-refractivity contribution in [2.75, 3.05) is 20.1 Å². The molecule has 0 aliphatic rings.